The molecule has 62 valence electrons. The van der Waals surface area contributed by atoms with Gasteiger partial charge in [0.05, 0.1) is 0 Å². The lowest BCUT2D eigenvalue weighted by molar-refractivity contribution is -0.104. The Morgan fingerprint density at radius 2 is 2.25 bits per heavy atom. The third kappa shape index (κ3) is 2.55. The van der Waals surface area contributed by atoms with Crippen LogP contribution in [0.1, 0.15) is 5.56 Å². The molecule has 1 rings (SSSR count). The predicted octanol–water partition coefficient (Wildman–Crippen LogP) is 2.62. The van der Waals surface area contributed by atoms with Gasteiger partial charge in [-0.15, -0.1) is 11.8 Å². The molecule has 0 aliphatic rings. The molecule has 0 saturated heterocycles. The van der Waals surface area contributed by atoms with E-state index < -0.39 is 0 Å². The highest BCUT2D eigenvalue weighted by Crippen LogP contribution is 2.16. The summed E-state index contributed by atoms with van der Waals surface area (Å²) < 4.78 is 0. The minimum absolute atomic E-state index is 0.783. The summed E-state index contributed by atoms with van der Waals surface area (Å²) in [6.45, 7) is 0. The summed E-state index contributed by atoms with van der Waals surface area (Å²) in [4.78, 5) is 11.3. The molecule has 0 unspecified atom stereocenters. The molecule has 1 nitrogen and oxygen atoms in total. The number of thioether (sulfide) groups is 1. The van der Waals surface area contributed by atoms with Gasteiger partial charge in [-0.25, -0.2) is 0 Å². The lowest BCUT2D eigenvalue weighted by atomic mass is 10.2. The van der Waals surface area contributed by atoms with Gasteiger partial charge in [0.1, 0.15) is 6.29 Å². The fourth-order valence-corrected chi connectivity index (χ4v) is 1.36. The minimum Gasteiger partial charge on any atom is -0.299 e. The second-order valence-electron chi connectivity index (χ2n) is 2.27. The molecule has 1 aromatic rings. The first-order valence-electron chi connectivity index (χ1n) is 3.62. The Bertz CT molecular complexity index is 292. The molecule has 0 bridgehead atoms. The predicted molar refractivity (Wildman–Crippen MR) is 53.3 cm³/mol. The van der Waals surface area contributed by atoms with E-state index in [9.17, 15) is 4.79 Å². The number of rotatable bonds is 3. The first-order chi connectivity index (χ1) is 5.86. The molecule has 0 spiro atoms. The van der Waals surface area contributed by atoms with Crippen LogP contribution < -0.4 is 0 Å². The maximum atomic E-state index is 10.0. The summed E-state index contributed by atoms with van der Waals surface area (Å²) in [6.07, 6.45) is 6.11. The Morgan fingerprint density at radius 1 is 1.42 bits per heavy atom. The maximum Gasteiger partial charge on any atom is 0.142 e. The smallest absolute Gasteiger partial charge is 0.142 e. The van der Waals surface area contributed by atoms with E-state index in [1.807, 2.05) is 30.5 Å². The van der Waals surface area contributed by atoms with Crippen molar-refractivity contribution in [2.24, 2.45) is 0 Å². The molecule has 0 fully saturated rings. The number of aldehydes is 1. The lowest BCUT2D eigenvalue weighted by Gasteiger charge is -1.96. The highest BCUT2D eigenvalue weighted by Gasteiger charge is 1.89. The molecular formula is C10H10OS. The van der Waals surface area contributed by atoms with Crippen molar-refractivity contribution in [2.75, 3.05) is 6.26 Å². The third-order valence-corrected chi connectivity index (χ3v) is 2.19. The second kappa shape index (κ2) is 4.78. The van der Waals surface area contributed by atoms with Crippen LogP contribution in [0.4, 0.5) is 0 Å². The van der Waals surface area contributed by atoms with Crippen LogP contribution in [0.2, 0.25) is 0 Å². The van der Waals surface area contributed by atoms with E-state index in [0.717, 1.165) is 11.8 Å². The SMILES string of the molecule is CSc1cccc(/C=C/C=O)c1. The van der Waals surface area contributed by atoms with Crippen LogP contribution >= 0.6 is 11.8 Å². The molecule has 0 aromatic heterocycles. The van der Waals surface area contributed by atoms with E-state index in [0.29, 0.717) is 0 Å². The molecule has 0 amide bonds. The van der Waals surface area contributed by atoms with Gasteiger partial charge < -0.3 is 0 Å². The van der Waals surface area contributed by atoms with Gasteiger partial charge in [0.15, 0.2) is 0 Å². The molecule has 0 aliphatic heterocycles. The fraction of sp³-hybridized carbons (Fsp3) is 0.100. The van der Waals surface area contributed by atoms with Crippen LogP contribution in [0.5, 0.6) is 0 Å². The Hall–Kier alpha value is -1.02. The maximum absolute atomic E-state index is 10.0. The average Bonchev–Trinajstić information content (AvgIpc) is 2.15. The molecule has 2 heteroatoms. The first kappa shape index (κ1) is 9.07. The molecule has 0 aliphatic carbocycles. The van der Waals surface area contributed by atoms with Crippen LogP contribution in [0.25, 0.3) is 6.08 Å². The lowest BCUT2D eigenvalue weighted by Crippen LogP contribution is -1.73. The van der Waals surface area contributed by atoms with Crippen molar-refractivity contribution in [3.05, 3.63) is 35.9 Å². The van der Waals surface area contributed by atoms with Crippen molar-refractivity contribution in [1.82, 2.24) is 0 Å². The van der Waals surface area contributed by atoms with Crippen molar-refractivity contribution in [3.8, 4) is 0 Å². The Morgan fingerprint density at radius 3 is 2.92 bits per heavy atom. The minimum atomic E-state index is 0.783. The third-order valence-electron chi connectivity index (χ3n) is 1.46. The number of hydrogen-bond acceptors (Lipinski definition) is 2. The van der Waals surface area contributed by atoms with E-state index in [4.69, 9.17) is 0 Å². The molecular weight excluding hydrogens is 168 g/mol. The summed E-state index contributed by atoms with van der Waals surface area (Å²) in [5.74, 6) is 0. The summed E-state index contributed by atoms with van der Waals surface area (Å²) in [5, 5.41) is 0. The molecule has 12 heavy (non-hydrogen) atoms. The van der Waals surface area contributed by atoms with Crippen molar-refractivity contribution in [1.29, 1.82) is 0 Å². The van der Waals surface area contributed by atoms with E-state index in [1.54, 1.807) is 17.8 Å². The number of benzene rings is 1. The zero-order valence-electron chi connectivity index (χ0n) is 6.86. The van der Waals surface area contributed by atoms with E-state index in [1.165, 1.54) is 11.0 Å². The Balaban J connectivity index is 2.86. The van der Waals surface area contributed by atoms with Gasteiger partial charge in [-0.05, 0) is 30.0 Å². The molecule has 0 atom stereocenters. The zero-order chi connectivity index (χ0) is 8.81. The van der Waals surface area contributed by atoms with E-state index >= 15 is 0 Å². The van der Waals surface area contributed by atoms with Crippen molar-refractivity contribution >= 4 is 24.1 Å². The van der Waals surface area contributed by atoms with Gasteiger partial charge in [0.25, 0.3) is 0 Å². The van der Waals surface area contributed by atoms with Crippen molar-refractivity contribution < 1.29 is 4.79 Å². The number of hydrogen-bond donors (Lipinski definition) is 0. The quantitative estimate of drug-likeness (QED) is 0.402. The van der Waals surface area contributed by atoms with Gasteiger partial charge in [-0.1, -0.05) is 18.2 Å². The standard InChI is InChI=1S/C10H10OS/c1-12-10-6-2-4-9(8-10)5-3-7-11/h2-8H,1H3/b5-3+. The van der Waals surface area contributed by atoms with E-state index in [2.05, 4.69) is 0 Å². The zero-order valence-corrected chi connectivity index (χ0v) is 7.67. The first-order valence-corrected chi connectivity index (χ1v) is 4.85. The highest BCUT2D eigenvalue weighted by molar-refractivity contribution is 7.98. The van der Waals surface area contributed by atoms with Gasteiger partial charge in [-0.3, -0.25) is 4.79 Å². The number of carbonyl (C=O) groups excluding carboxylic acids is 1. The van der Waals surface area contributed by atoms with Crippen LogP contribution in [-0.4, -0.2) is 12.5 Å². The van der Waals surface area contributed by atoms with Gasteiger partial charge >= 0.3 is 0 Å². The van der Waals surface area contributed by atoms with E-state index in [-0.39, 0.29) is 0 Å². The van der Waals surface area contributed by atoms with Crippen molar-refractivity contribution in [3.63, 3.8) is 0 Å². The summed E-state index contributed by atoms with van der Waals surface area (Å²) in [6, 6.07) is 8.05. The molecule has 0 radical (unpaired) electrons. The normalized spacial score (nSPS) is 10.4. The fourth-order valence-electron chi connectivity index (χ4n) is 0.896. The van der Waals surface area contributed by atoms with Gasteiger partial charge in [0, 0.05) is 4.90 Å². The number of carbonyl (C=O) groups is 1. The molecule has 0 N–H and O–H groups in total. The molecule has 1 aromatic carbocycles. The van der Waals surface area contributed by atoms with Gasteiger partial charge in [-0.2, -0.15) is 0 Å². The molecule has 0 heterocycles. The van der Waals surface area contributed by atoms with Crippen LogP contribution in [-0.2, 0) is 4.79 Å². The second-order valence-corrected chi connectivity index (χ2v) is 3.15. The summed E-state index contributed by atoms with van der Waals surface area (Å²) >= 11 is 1.69. The Kier molecular flexibility index (Phi) is 3.61. The average molecular weight is 178 g/mol. The summed E-state index contributed by atoms with van der Waals surface area (Å²) in [7, 11) is 0. The van der Waals surface area contributed by atoms with Crippen LogP contribution in [0.15, 0.2) is 35.2 Å². The summed E-state index contributed by atoms with van der Waals surface area (Å²) in [5.41, 5.74) is 1.06. The van der Waals surface area contributed by atoms with Crippen molar-refractivity contribution in [2.45, 2.75) is 4.90 Å². The van der Waals surface area contributed by atoms with Crippen LogP contribution in [0.3, 0.4) is 0 Å². The highest BCUT2D eigenvalue weighted by atomic mass is 32.2. The largest absolute Gasteiger partial charge is 0.299 e. The molecule has 0 saturated carbocycles. The van der Waals surface area contributed by atoms with Gasteiger partial charge in [0.2, 0.25) is 0 Å². The number of allylic oxidation sites excluding steroid dienone is 1. The monoisotopic (exact) mass is 178 g/mol. The topological polar surface area (TPSA) is 17.1 Å². The van der Waals surface area contributed by atoms with Crippen LogP contribution in [0, 0.1) is 0 Å². The Labute approximate surface area is 76.5 Å².